The van der Waals surface area contributed by atoms with Crippen LogP contribution in [0.25, 0.3) is 0 Å². The summed E-state index contributed by atoms with van der Waals surface area (Å²) in [7, 11) is 0. The number of ketones is 2. The smallest absolute Gasteiger partial charge is 0.205 e. The van der Waals surface area contributed by atoms with Crippen molar-refractivity contribution in [2.75, 3.05) is 9.80 Å². The van der Waals surface area contributed by atoms with Gasteiger partial charge in [-0.25, -0.2) is 0 Å². The van der Waals surface area contributed by atoms with Gasteiger partial charge in [0, 0.05) is 11.1 Å². The van der Waals surface area contributed by atoms with Crippen LogP contribution in [-0.4, -0.2) is 11.6 Å². The van der Waals surface area contributed by atoms with E-state index in [2.05, 4.69) is 9.80 Å². The second-order valence-corrected chi connectivity index (χ2v) is 12.1. The summed E-state index contributed by atoms with van der Waals surface area (Å²) in [6, 6.07) is 34.8. The van der Waals surface area contributed by atoms with E-state index in [4.69, 9.17) is 9.47 Å². The van der Waals surface area contributed by atoms with Gasteiger partial charge in [-0.3, -0.25) is 19.4 Å². The fraction of sp³-hybridized carbons (Fsp3) is 0. The molecule has 4 heterocycles. The van der Waals surface area contributed by atoms with Crippen LogP contribution in [0, 0.1) is 0 Å². The Kier molecular flexibility index (Phi) is 4.85. The van der Waals surface area contributed by atoms with Crippen molar-refractivity contribution in [3.8, 4) is 23.0 Å². The molecule has 0 unspecified atom stereocenters. The van der Waals surface area contributed by atoms with Crippen LogP contribution in [0.15, 0.2) is 109 Å². The van der Waals surface area contributed by atoms with E-state index in [1.54, 1.807) is 0 Å². The predicted octanol–water partition coefficient (Wildman–Crippen LogP) is 9.74. The third kappa shape index (κ3) is 3.24. The van der Waals surface area contributed by atoms with Gasteiger partial charge in [0.2, 0.25) is 11.6 Å². The third-order valence-electron chi connectivity index (χ3n) is 7.65. The van der Waals surface area contributed by atoms with Crippen LogP contribution in [0.3, 0.4) is 0 Å². The molecule has 0 fully saturated rings. The van der Waals surface area contributed by atoms with Crippen LogP contribution in [-0.2, 0) is 0 Å². The van der Waals surface area contributed by atoms with Gasteiger partial charge in [-0.05, 0) is 60.7 Å². The molecular formula is C34H18N2O4S2. The molecule has 6 nitrogen and oxygen atoms in total. The normalized spacial score (nSPS) is 14.1. The highest BCUT2D eigenvalue weighted by Crippen LogP contribution is 2.55. The van der Waals surface area contributed by atoms with E-state index >= 15 is 0 Å². The molecule has 3 aliphatic rings. The average Bonchev–Trinajstić information content (AvgIpc) is 3.67. The topological polar surface area (TPSA) is 59.1 Å². The Morgan fingerprint density at radius 3 is 1.10 bits per heavy atom. The highest BCUT2D eigenvalue weighted by Gasteiger charge is 2.38. The Labute approximate surface area is 248 Å². The van der Waals surface area contributed by atoms with Crippen molar-refractivity contribution >= 4 is 67.0 Å². The van der Waals surface area contributed by atoms with Crippen molar-refractivity contribution in [1.29, 1.82) is 0 Å². The number of anilines is 6. The number of nitrogens with zero attached hydrogens (tertiary/aromatic N) is 2. The second kappa shape index (κ2) is 8.66. The largest absolute Gasteiger partial charge is 0.453 e. The minimum atomic E-state index is -0.136. The lowest BCUT2D eigenvalue weighted by atomic mass is 9.96. The lowest BCUT2D eigenvalue weighted by Crippen LogP contribution is -2.16. The Bertz CT molecular complexity index is 1840. The zero-order chi connectivity index (χ0) is 27.9. The second-order valence-electron chi connectivity index (χ2n) is 10.1. The number of benzene rings is 4. The standard InChI is InChI=1S/C34H18N2O4S2/c37-31-19-17-29(35-21-9-1-5-13-25(21)39-26-14-6-2-10-22(26)35)41-33(19)32(38)20-18-30(42-34(20)31)36-23-11-3-7-15-27(23)40-28-16-8-4-12-24(28)36/h1-18H. The average molecular weight is 583 g/mol. The number of thiophene rings is 2. The summed E-state index contributed by atoms with van der Waals surface area (Å²) in [6.07, 6.45) is 0. The quantitative estimate of drug-likeness (QED) is 0.202. The van der Waals surface area contributed by atoms with E-state index in [1.807, 2.05) is 109 Å². The minimum absolute atomic E-state index is 0.136. The number of carbonyl (C=O) groups excluding carboxylic acids is 2. The van der Waals surface area contributed by atoms with E-state index in [9.17, 15) is 9.59 Å². The summed E-state index contributed by atoms with van der Waals surface area (Å²) < 4.78 is 12.3. The van der Waals surface area contributed by atoms with Crippen molar-refractivity contribution in [2.24, 2.45) is 0 Å². The van der Waals surface area contributed by atoms with Gasteiger partial charge in [0.15, 0.2) is 23.0 Å². The molecule has 42 heavy (non-hydrogen) atoms. The van der Waals surface area contributed by atoms with Gasteiger partial charge in [-0.2, -0.15) is 0 Å². The summed E-state index contributed by atoms with van der Waals surface area (Å²) in [6.45, 7) is 0. The van der Waals surface area contributed by atoms with Crippen LogP contribution in [0.5, 0.6) is 23.0 Å². The SMILES string of the molecule is O=C1c2cc(N3c4ccccc4Oc4ccccc43)sc2C(=O)c2cc(N3c4ccccc4Oc4ccccc43)sc21. The molecule has 1 aliphatic carbocycles. The van der Waals surface area contributed by atoms with Crippen molar-refractivity contribution in [2.45, 2.75) is 0 Å². The summed E-state index contributed by atoms with van der Waals surface area (Å²) in [5, 5.41) is 1.58. The summed E-state index contributed by atoms with van der Waals surface area (Å²) in [5.41, 5.74) is 4.30. The highest BCUT2D eigenvalue weighted by atomic mass is 32.1. The molecule has 8 heteroatoms. The van der Waals surface area contributed by atoms with Crippen LogP contribution in [0.1, 0.15) is 30.5 Å². The molecule has 9 rings (SSSR count). The molecule has 0 radical (unpaired) electrons. The van der Waals surface area contributed by atoms with Gasteiger partial charge in [0.25, 0.3) is 0 Å². The molecule has 0 saturated heterocycles. The lowest BCUT2D eigenvalue weighted by molar-refractivity contribution is 0.0986. The molecule has 6 aromatic rings. The summed E-state index contributed by atoms with van der Waals surface area (Å²) >= 11 is 2.67. The number of ether oxygens (including phenoxy) is 2. The van der Waals surface area contributed by atoms with Crippen LogP contribution in [0.2, 0.25) is 0 Å². The minimum Gasteiger partial charge on any atom is -0.453 e. The first-order chi connectivity index (χ1) is 20.7. The van der Waals surface area contributed by atoms with Crippen LogP contribution in [0.4, 0.5) is 32.8 Å². The molecule has 0 saturated carbocycles. The van der Waals surface area contributed by atoms with E-state index in [0.29, 0.717) is 20.9 Å². The predicted molar refractivity (Wildman–Crippen MR) is 165 cm³/mol. The van der Waals surface area contributed by atoms with Gasteiger partial charge in [-0.1, -0.05) is 48.5 Å². The Balaban J connectivity index is 1.16. The fourth-order valence-corrected chi connectivity index (χ4v) is 8.06. The Hall–Kier alpha value is -5.18. The van der Waals surface area contributed by atoms with Crippen LogP contribution >= 0.6 is 22.7 Å². The van der Waals surface area contributed by atoms with Crippen molar-refractivity contribution in [3.63, 3.8) is 0 Å². The zero-order valence-electron chi connectivity index (χ0n) is 21.7. The molecule has 0 N–H and O–H groups in total. The van der Waals surface area contributed by atoms with Gasteiger partial charge < -0.3 is 9.47 Å². The Morgan fingerprint density at radius 1 is 0.452 bits per heavy atom. The maximum absolute atomic E-state index is 14.0. The fourth-order valence-electron chi connectivity index (χ4n) is 5.78. The number of hydrogen-bond donors (Lipinski definition) is 0. The van der Waals surface area contributed by atoms with Gasteiger partial charge in [0.05, 0.1) is 32.5 Å². The van der Waals surface area contributed by atoms with E-state index in [1.165, 1.54) is 22.7 Å². The number of fused-ring (bicyclic) bond motifs is 6. The molecule has 0 bridgehead atoms. The molecule has 2 aliphatic heterocycles. The molecule has 2 aromatic heterocycles. The van der Waals surface area contributed by atoms with E-state index in [0.717, 1.165) is 55.7 Å². The summed E-state index contributed by atoms with van der Waals surface area (Å²) in [4.78, 5) is 33.1. The van der Waals surface area contributed by atoms with Gasteiger partial charge in [0.1, 0.15) is 10.0 Å². The summed E-state index contributed by atoms with van der Waals surface area (Å²) in [5.74, 6) is 2.60. The highest BCUT2D eigenvalue weighted by molar-refractivity contribution is 7.21. The molecular weight excluding hydrogens is 565 g/mol. The number of rotatable bonds is 2. The van der Waals surface area contributed by atoms with Crippen molar-refractivity contribution < 1.29 is 19.1 Å². The Morgan fingerprint density at radius 2 is 0.762 bits per heavy atom. The zero-order valence-corrected chi connectivity index (χ0v) is 23.4. The van der Waals surface area contributed by atoms with E-state index < -0.39 is 0 Å². The maximum Gasteiger partial charge on any atom is 0.205 e. The molecule has 4 aromatic carbocycles. The van der Waals surface area contributed by atoms with Crippen molar-refractivity contribution in [1.82, 2.24) is 0 Å². The van der Waals surface area contributed by atoms with Gasteiger partial charge >= 0.3 is 0 Å². The van der Waals surface area contributed by atoms with E-state index in [-0.39, 0.29) is 11.6 Å². The lowest BCUT2D eigenvalue weighted by Gasteiger charge is -2.31. The molecule has 200 valence electrons. The monoisotopic (exact) mass is 582 g/mol. The first-order valence-electron chi connectivity index (χ1n) is 13.3. The maximum atomic E-state index is 14.0. The molecule has 0 atom stereocenters. The first-order valence-corrected chi connectivity index (χ1v) is 15.0. The first kappa shape index (κ1) is 23.5. The number of para-hydroxylation sites is 8. The third-order valence-corrected chi connectivity index (χ3v) is 9.88. The number of carbonyl (C=O) groups is 2. The van der Waals surface area contributed by atoms with Crippen LogP contribution < -0.4 is 19.3 Å². The van der Waals surface area contributed by atoms with Gasteiger partial charge in [-0.15, -0.1) is 22.7 Å². The molecule has 0 amide bonds. The number of hydrogen-bond acceptors (Lipinski definition) is 8. The van der Waals surface area contributed by atoms with Crippen molar-refractivity contribution in [3.05, 3.63) is 130 Å². The molecule has 0 spiro atoms.